The zero-order valence-electron chi connectivity index (χ0n) is 11.3. The van der Waals surface area contributed by atoms with E-state index in [2.05, 4.69) is 33.4 Å². The molecule has 0 saturated carbocycles. The average Bonchev–Trinajstić information content (AvgIpc) is 2.32. The van der Waals surface area contributed by atoms with E-state index in [0.717, 1.165) is 26.9 Å². The lowest BCUT2D eigenvalue weighted by Gasteiger charge is -2.14. The van der Waals surface area contributed by atoms with Gasteiger partial charge in [0.1, 0.15) is 5.82 Å². The Labute approximate surface area is 122 Å². The highest BCUT2D eigenvalue weighted by Gasteiger charge is 2.06. The SMILES string of the molecule is Cc1ccc(F)c(CNc2c(C)cc(Br)cc2C)c1. The van der Waals surface area contributed by atoms with Crippen LogP contribution >= 0.6 is 15.9 Å². The highest BCUT2D eigenvalue weighted by Crippen LogP contribution is 2.25. The zero-order valence-corrected chi connectivity index (χ0v) is 12.9. The molecule has 0 aromatic heterocycles. The summed E-state index contributed by atoms with van der Waals surface area (Å²) in [6, 6.07) is 9.30. The molecule has 2 aromatic carbocycles. The van der Waals surface area contributed by atoms with Crippen LogP contribution in [0.25, 0.3) is 0 Å². The molecule has 0 heterocycles. The van der Waals surface area contributed by atoms with Crippen molar-refractivity contribution >= 4 is 21.6 Å². The summed E-state index contributed by atoms with van der Waals surface area (Å²) in [6.45, 7) is 6.56. The average molecular weight is 322 g/mol. The summed E-state index contributed by atoms with van der Waals surface area (Å²) < 4.78 is 14.8. The molecule has 0 fully saturated rings. The summed E-state index contributed by atoms with van der Waals surface area (Å²) in [5.74, 6) is -0.162. The van der Waals surface area contributed by atoms with E-state index in [0.29, 0.717) is 12.1 Å². The van der Waals surface area contributed by atoms with E-state index in [1.807, 2.05) is 26.8 Å². The fraction of sp³-hybridized carbons (Fsp3) is 0.250. The minimum absolute atomic E-state index is 0.162. The van der Waals surface area contributed by atoms with Gasteiger partial charge in [0, 0.05) is 22.3 Å². The third kappa shape index (κ3) is 3.35. The number of anilines is 1. The largest absolute Gasteiger partial charge is 0.380 e. The highest BCUT2D eigenvalue weighted by atomic mass is 79.9. The molecule has 1 nitrogen and oxygen atoms in total. The Morgan fingerprint density at radius 2 is 1.68 bits per heavy atom. The molecule has 3 heteroatoms. The van der Waals surface area contributed by atoms with Crippen molar-refractivity contribution in [3.63, 3.8) is 0 Å². The van der Waals surface area contributed by atoms with Gasteiger partial charge in [0.2, 0.25) is 0 Å². The maximum Gasteiger partial charge on any atom is 0.128 e. The second-order valence-corrected chi connectivity index (χ2v) is 5.78. The predicted octanol–water partition coefficient (Wildman–Crippen LogP) is 5.13. The maximum atomic E-state index is 13.7. The number of nitrogens with one attached hydrogen (secondary N) is 1. The van der Waals surface area contributed by atoms with E-state index < -0.39 is 0 Å². The number of rotatable bonds is 3. The molecule has 1 N–H and O–H groups in total. The molecule has 0 aliphatic heterocycles. The Hall–Kier alpha value is -1.35. The van der Waals surface area contributed by atoms with Gasteiger partial charge in [0.05, 0.1) is 0 Å². The van der Waals surface area contributed by atoms with Gasteiger partial charge in [0.15, 0.2) is 0 Å². The van der Waals surface area contributed by atoms with Crippen LogP contribution in [0.5, 0.6) is 0 Å². The topological polar surface area (TPSA) is 12.0 Å². The van der Waals surface area contributed by atoms with Gasteiger partial charge in [-0.3, -0.25) is 0 Å². The molecule has 0 bridgehead atoms. The number of hydrogen-bond donors (Lipinski definition) is 1. The second-order valence-electron chi connectivity index (χ2n) is 4.86. The summed E-state index contributed by atoms with van der Waals surface area (Å²) in [5, 5.41) is 3.33. The third-order valence-electron chi connectivity index (χ3n) is 3.15. The number of benzene rings is 2. The third-order valence-corrected chi connectivity index (χ3v) is 3.61. The normalized spacial score (nSPS) is 10.6. The molecule has 0 aliphatic rings. The maximum absolute atomic E-state index is 13.7. The van der Waals surface area contributed by atoms with Gasteiger partial charge in [-0.05, 0) is 50.1 Å². The summed E-state index contributed by atoms with van der Waals surface area (Å²) in [5.41, 5.74) is 5.15. The predicted molar refractivity (Wildman–Crippen MR) is 82.1 cm³/mol. The van der Waals surface area contributed by atoms with Crippen molar-refractivity contribution in [1.29, 1.82) is 0 Å². The van der Waals surface area contributed by atoms with E-state index in [-0.39, 0.29) is 5.82 Å². The Kier molecular flexibility index (Phi) is 4.25. The molecule has 2 aromatic rings. The van der Waals surface area contributed by atoms with Crippen LogP contribution < -0.4 is 5.32 Å². The van der Waals surface area contributed by atoms with Crippen LogP contribution in [0, 0.1) is 26.6 Å². The molecule has 2 rings (SSSR count). The molecule has 0 aliphatic carbocycles. The molecule has 19 heavy (non-hydrogen) atoms. The van der Waals surface area contributed by atoms with Crippen molar-refractivity contribution in [2.24, 2.45) is 0 Å². The van der Waals surface area contributed by atoms with Crippen molar-refractivity contribution in [2.75, 3.05) is 5.32 Å². The minimum Gasteiger partial charge on any atom is -0.380 e. The zero-order chi connectivity index (χ0) is 14.0. The summed E-state index contributed by atoms with van der Waals surface area (Å²) in [4.78, 5) is 0. The second kappa shape index (κ2) is 5.74. The van der Waals surface area contributed by atoms with Crippen LogP contribution in [-0.2, 0) is 6.54 Å². The number of hydrogen-bond acceptors (Lipinski definition) is 1. The van der Waals surface area contributed by atoms with Gasteiger partial charge in [-0.2, -0.15) is 0 Å². The van der Waals surface area contributed by atoms with Gasteiger partial charge in [-0.1, -0.05) is 33.6 Å². The first-order chi connectivity index (χ1) is 8.97. The van der Waals surface area contributed by atoms with Gasteiger partial charge in [0.25, 0.3) is 0 Å². The Morgan fingerprint density at radius 1 is 1.05 bits per heavy atom. The van der Waals surface area contributed by atoms with Crippen LogP contribution in [0.2, 0.25) is 0 Å². The molecule has 100 valence electrons. The molecule has 0 unspecified atom stereocenters. The number of halogens is 2. The Balaban J connectivity index is 2.21. The summed E-state index contributed by atoms with van der Waals surface area (Å²) in [6.07, 6.45) is 0. The Bertz CT molecular complexity index is 585. The smallest absolute Gasteiger partial charge is 0.128 e. The first-order valence-electron chi connectivity index (χ1n) is 6.23. The molecule has 0 spiro atoms. The molecule has 0 amide bonds. The van der Waals surface area contributed by atoms with E-state index >= 15 is 0 Å². The lowest BCUT2D eigenvalue weighted by Crippen LogP contribution is -2.05. The van der Waals surface area contributed by atoms with Crippen molar-refractivity contribution in [3.8, 4) is 0 Å². The van der Waals surface area contributed by atoms with Crippen molar-refractivity contribution < 1.29 is 4.39 Å². The van der Waals surface area contributed by atoms with E-state index in [1.54, 1.807) is 6.07 Å². The molecule has 0 saturated heterocycles. The fourth-order valence-electron chi connectivity index (χ4n) is 2.21. The van der Waals surface area contributed by atoms with E-state index in [1.165, 1.54) is 6.07 Å². The van der Waals surface area contributed by atoms with Crippen molar-refractivity contribution in [2.45, 2.75) is 27.3 Å². The Morgan fingerprint density at radius 3 is 2.32 bits per heavy atom. The van der Waals surface area contributed by atoms with Gasteiger partial charge in [-0.15, -0.1) is 0 Å². The fourth-order valence-corrected chi connectivity index (χ4v) is 2.90. The molecule has 0 atom stereocenters. The first kappa shape index (κ1) is 14.1. The van der Waals surface area contributed by atoms with Crippen LogP contribution in [-0.4, -0.2) is 0 Å². The molecular weight excluding hydrogens is 305 g/mol. The summed E-state index contributed by atoms with van der Waals surface area (Å²) in [7, 11) is 0. The lowest BCUT2D eigenvalue weighted by molar-refractivity contribution is 0.612. The molecule has 0 radical (unpaired) electrons. The van der Waals surface area contributed by atoms with Crippen molar-refractivity contribution in [3.05, 3.63) is 62.9 Å². The van der Waals surface area contributed by atoms with Crippen LogP contribution in [0.4, 0.5) is 10.1 Å². The summed E-state index contributed by atoms with van der Waals surface area (Å²) >= 11 is 3.48. The molecular formula is C16H17BrFN. The van der Waals surface area contributed by atoms with Crippen molar-refractivity contribution in [1.82, 2.24) is 0 Å². The quantitative estimate of drug-likeness (QED) is 0.826. The first-order valence-corrected chi connectivity index (χ1v) is 7.02. The van der Waals surface area contributed by atoms with E-state index in [9.17, 15) is 4.39 Å². The van der Waals surface area contributed by atoms with Crippen LogP contribution in [0.3, 0.4) is 0 Å². The van der Waals surface area contributed by atoms with Gasteiger partial charge < -0.3 is 5.32 Å². The van der Waals surface area contributed by atoms with Crippen LogP contribution in [0.1, 0.15) is 22.3 Å². The van der Waals surface area contributed by atoms with Gasteiger partial charge >= 0.3 is 0 Å². The highest BCUT2D eigenvalue weighted by molar-refractivity contribution is 9.10. The number of aryl methyl sites for hydroxylation is 3. The monoisotopic (exact) mass is 321 g/mol. The van der Waals surface area contributed by atoms with Crippen LogP contribution in [0.15, 0.2) is 34.8 Å². The minimum atomic E-state index is -0.162. The van der Waals surface area contributed by atoms with Gasteiger partial charge in [-0.25, -0.2) is 4.39 Å². The standard InChI is InChI=1S/C16H17BrFN/c1-10-4-5-15(18)13(6-10)9-19-16-11(2)7-14(17)8-12(16)3/h4-8,19H,9H2,1-3H3. The lowest BCUT2D eigenvalue weighted by atomic mass is 10.1. The van der Waals surface area contributed by atoms with E-state index in [4.69, 9.17) is 0 Å².